The molecule has 7 fully saturated rings. The van der Waals surface area contributed by atoms with Crippen molar-refractivity contribution in [1.29, 1.82) is 0 Å². The number of piperidine rings is 6. The second kappa shape index (κ2) is 30.7. The summed E-state index contributed by atoms with van der Waals surface area (Å²) < 4.78 is 17.8. The van der Waals surface area contributed by atoms with Crippen molar-refractivity contribution in [3.63, 3.8) is 0 Å². The number of Topliss-reactive ketones (excluding diaryl/α,β-unsaturated/α-hetero) is 3. The van der Waals surface area contributed by atoms with Gasteiger partial charge >= 0.3 is 29.8 Å². The molecule has 13 rings (SSSR count). The molecule has 7 aliphatic heterocycles. The highest BCUT2D eigenvalue weighted by molar-refractivity contribution is 5.98. The molecule has 0 aromatic heterocycles. The topological polar surface area (TPSA) is 235 Å². The number of hydrogen-bond donors (Lipinski definition) is 4. The summed E-state index contributed by atoms with van der Waals surface area (Å²) in [5.41, 5.74) is 11.9. The SMILES string of the molecule is C.Nc1ccc(C(=O)C[N+]23CCC(CC2)[C@@H](OC(=O)[C@H](Nc2ccccc2)c2ccccc2)C3)cc1.O=C(O)CCC(=O)Cc1ccc(C(=O)C[N+]23CCC(CC2)[C@@H](OC(=O)[C@H](Nc2ccccc2)c2ccccc2)C3)cc1.O=C1CCC(=O)O1.[Br-]. The molecule has 0 aliphatic carbocycles. The summed E-state index contributed by atoms with van der Waals surface area (Å²) >= 11 is 0. The quantitative estimate of drug-likeness (QED) is 0.0145. The number of aliphatic carboxylic acids is 1. The maximum atomic E-state index is 13.6. The fourth-order valence-electron chi connectivity index (χ4n) is 12.1. The van der Waals surface area contributed by atoms with Gasteiger partial charge in [-0.3, -0.25) is 28.8 Å². The minimum atomic E-state index is -0.990. The van der Waals surface area contributed by atoms with Gasteiger partial charge in [0.05, 0.1) is 45.4 Å². The van der Waals surface area contributed by atoms with Gasteiger partial charge in [0.2, 0.25) is 11.6 Å². The average molecular weight is 1240 g/mol. The number of benzene rings is 6. The summed E-state index contributed by atoms with van der Waals surface area (Å²) in [6.45, 7) is 5.72. The van der Waals surface area contributed by atoms with Gasteiger partial charge in [0.1, 0.15) is 32.0 Å². The molecule has 7 saturated heterocycles. The maximum Gasteiger partial charge on any atom is 0.333 e. The van der Waals surface area contributed by atoms with Crippen molar-refractivity contribution in [1.82, 2.24) is 0 Å². The molecule has 0 radical (unpaired) electrons. The first kappa shape index (κ1) is 65.2. The average Bonchev–Trinajstić information content (AvgIpc) is 1.30. The molecular formula is C68H77BrN5O12+. The lowest BCUT2D eigenvalue weighted by Gasteiger charge is -2.51. The number of nitrogens with one attached hydrogen (secondary N) is 2. The van der Waals surface area contributed by atoms with Gasteiger partial charge in [-0.1, -0.05) is 129 Å². The molecule has 4 atom stereocenters. The Hall–Kier alpha value is -8.32. The van der Waals surface area contributed by atoms with Crippen LogP contribution in [-0.4, -0.2) is 126 Å². The van der Waals surface area contributed by atoms with Gasteiger partial charge in [0, 0.05) is 78.5 Å². The Morgan fingerprint density at radius 2 is 0.907 bits per heavy atom. The van der Waals surface area contributed by atoms with Crippen LogP contribution >= 0.6 is 0 Å². The number of carboxylic acids is 1. The molecule has 4 bridgehead atoms. The Kier molecular flexibility index (Phi) is 23.3. The third-order valence-electron chi connectivity index (χ3n) is 16.8. The fourth-order valence-corrected chi connectivity index (χ4v) is 12.1. The van der Waals surface area contributed by atoms with Crippen molar-refractivity contribution in [3.05, 3.63) is 198 Å². The zero-order valence-corrected chi connectivity index (χ0v) is 49.0. The van der Waals surface area contributed by atoms with E-state index >= 15 is 0 Å². The lowest BCUT2D eigenvalue weighted by atomic mass is 9.82. The van der Waals surface area contributed by atoms with Crippen LogP contribution in [0.1, 0.15) is 108 Å². The summed E-state index contributed by atoms with van der Waals surface area (Å²) in [6.07, 6.45) is 3.81. The standard InChI is InChI=1S/C34H36N2O6.C29H31N3O3.C4H4O3.CH4.BrH/c37-29(15-16-32(39)40)21-24-11-13-25(14-12-24)30(38)22-36-19-17-26(18-20-36)31(23-36)42-34(41)33(27-7-3-1-4-8-27)35-28-9-5-2-6-10-28;30-24-13-11-21(12-14-24)26(33)19-32-17-15-22(16-18-32)27(20-32)35-29(34)28(23-7-3-1-4-8-23)31-25-9-5-2-6-10-25;5-3-1-2-4(6)7-3;;/h1-14,26,31,33,35H,15-23H2;1-14,22,27-28,31H,15-20H2,(H-,30,33);1-2H2;1H4;1H/p+1/t26?,31-,33+,36?;22?,27-,28+,32?;;;/m00.../s1. The molecule has 7 heterocycles. The number of anilines is 3. The number of carbonyl (C=O) groups is 8. The molecule has 17 nitrogen and oxygen atoms in total. The molecular weight excluding hydrogens is 1160 g/mol. The molecule has 0 amide bonds. The van der Waals surface area contributed by atoms with E-state index in [1.807, 2.05) is 121 Å². The van der Waals surface area contributed by atoms with Crippen LogP contribution in [0.15, 0.2) is 170 Å². The van der Waals surface area contributed by atoms with Crippen molar-refractivity contribution in [2.75, 3.05) is 68.7 Å². The van der Waals surface area contributed by atoms with E-state index in [1.54, 1.807) is 48.5 Å². The molecule has 18 heteroatoms. The number of hydrogen-bond acceptors (Lipinski definition) is 14. The number of halogens is 1. The second-order valence-electron chi connectivity index (χ2n) is 22.7. The minimum absolute atomic E-state index is 0. The van der Waals surface area contributed by atoms with E-state index in [4.69, 9.17) is 20.3 Å². The van der Waals surface area contributed by atoms with Crippen LogP contribution in [-0.2, 0) is 49.4 Å². The van der Waals surface area contributed by atoms with Crippen LogP contribution in [0.2, 0.25) is 0 Å². The van der Waals surface area contributed by atoms with Crippen molar-refractivity contribution in [3.8, 4) is 0 Å². The number of rotatable bonds is 21. The van der Waals surface area contributed by atoms with E-state index in [0.717, 1.165) is 79.9 Å². The van der Waals surface area contributed by atoms with Crippen molar-refractivity contribution >= 4 is 64.3 Å². The highest BCUT2D eigenvalue weighted by Gasteiger charge is 2.50. The zero-order valence-electron chi connectivity index (χ0n) is 47.4. The Balaban J connectivity index is 0.000000218. The number of fused-ring (bicyclic) bond motifs is 6. The second-order valence-corrected chi connectivity index (χ2v) is 22.7. The Morgan fingerprint density at radius 3 is 1.27 bits per heavy atom. The number of nitrogens with two attached hydrogens (primary N) is 1. The van der Waals surface area contributed by atoms with Crippen LogP contribution in [0.25, 0.3) is 0 Å². The molecule has 86 heavy (non-hydrogen) atoms. The van der Waals surface area contributed by atoms with Crippen molar-refractivity contribution in [2.45, 2.75) is 89.5 Å². The number of ether oxygens (including phenoxy) is 3. The Labute approximate surface area is 513 Å². The first-order valence-corrected chi connectivity index (χ1v) is 28.9. The largest absolute Gasteiger partial charge is 1.00 e. The van der Waals surface area contributed by atoms with Crippen LogP contribution in [0.4, 0.5) is 17.1 Å². The molecule has 6 aromatic rings. The van der Waals surface area contributed by atoms with Crippen molar-refractivity contribution < 1.29 is 83.6 Å². The summed E-state index contributed by atoms with van der Waals surface area (Å²) in [5.74, 6) is -1.75. The number of quaternary nitrogens is 2. The highest BCUT2D eigenvalue weighted by atomic mass is 79.9. The van der Waals surface area contributed by atoms with E-state index in [1.165, 1.54) is 0 Å². The molecule has 6 aromatic carbocycles. The number of nitrogen functional groups attached to an aromatic ring is 1. The number of nitrogens with zero attached hydrogens (tertiary/aromatic N) is 2. The lowest BCUT2D eigenvalue weighted by Crippen LogP contribution is -3.00. The first-order valence-electron chi connectivity index (χ1n) is 28.9. The van der Waals surface area contributed by atoms with E-state index in [-0.39, 0.29) is 104 Å². The summed E-state index contributed by atoms with van der Waals surface area (Å²) in [6, 6.07) is 51.5. The van der Waals surface area contributed by atoms with Gasteiger partial charge < -0.3 is 61.6 Å². The van der Waals surface area contributed by atoms with E-state index in [9.17, 15) is 38.4 Å². The molecule has 0 spiro atoms. The van der Waals surface area contributed by atoms with Crippen LogP contribution in [0.5, 0.6) is 0 Å². The normalized spacial score (nSPS) is 22.0. The van der Waals surface area contributed by atoms with Gasteiger partial charge in [-0.2, -0.15) is 0 Å². The van der Waals surface area contributed by atoms with Gasteiger partial charge in [0.25, 0.3) is 0 Å². The van der Waals surface area contributed by atoms with E-state index in [2.05, 4.69) is 15.4 Å². The number of esters is 4. The summed E-state index contributed by atoms with van der Waals surface area (Å²) in [4.78, 5) is 96.3. The van der Waals surface area contributed by atoms with E-state index < -0.39 is 30.0 Å². The van der Waals surface area contributed by atoms with Crippen molar-refractivity contribution in [2.24, 2.45) is 11.8 Å². The minimum Gasteiger partial charge on any atom is -1.00 e. The number of carboxylic acid groups (broad SMARTS) is 1. The van der Waals surface area contributed by atoms with E-state index in [0.29, 0.717) is 57.9 Å². The number of ketones is 3. The number of cyclic esters (lactones) is 2. The smallest absolute Gasteiger partial charge is 0.333 e. The van der Waals surface area contributed by atoms with Crippen LogP contribution in [0, 0.1) is 11.8 Å². The third kappa shape index (κ3) is 17.9. The van der Waals surface area contributed by atoms with Gasteiger partial charge in [-0.25, -0.2) is 9.59 Å². The van der Waals surface area contributed by atoms with Crippen LogP contribution in [0.3, 0.4) is 0 Å². The lowest BCUT2D eigenvalue weighted by molar-refractivity contribution is -0.938. The predicted molar refractivity (Wildman–Crippen MR) is 322 cm³/mol. The molecule has 5 N–H and O–H groups in total. The monoisotopic (exact) mass is 1230 g/mol. The molecule has 0 unspecified atom stereocenters. The molecule has 452 valence electrons. The Morgan fingerprint density at radius 1 is 0.535 bits per heavy atom. The van der Waals surface area contributed by atoms with Crippen LogP contribution < -0.4 is 33.3 Å². The van der Waals surface area contributed by atoms with Gasteiger partial charge in [-0.15, -0.1) is 0 Å². The predicted octanol–water partition coefficient (Wildman–Crippen LogP) is 6.80. The van der Waals surface area contributed by atoms with Gasteiger partial charge in [-0.05, 0) is 65.2 Å². The summed E-state index contributed by atoms with van der Waals surface area (Å²) in [7, 11) is 0. The van der Waals surface area contributed by atoms with Gasteiger partial charge in [0.15, 0.2) is 24.3 Å². The zero-order chi connectivity index (χ0) is 59.1. The number of carbonyl (C=O) groups excluding carboxylic acids is 7. The number of para-hydroxylation sites is 2. The molecule has 0 saturated carbocycles. The third-order valence-corrected chi connectivity index (χ3v) is 16.8. The Bertz CT molecular complexity index is 3230. The maximum absolute atomic E-state index is 13.6. The fraction of sp³-hybridized carbons (Fsp3) is 0.353. The highest BCUT2D eigenvalue weighted by Crippen LogP contribution is 2.39. The summed E-state index contributed by atoms with van der Waals surface area (Å²) in [5, 5.41) is 15.5. The molecule has 7 aliphatic rings. The first-order chi connectivity index (χ1) is 40.6.